The fourth-order valence-electron chi connectivity index (χ4n) is 5.24. The molecule has 0 aliphatic carbocycles. The molecule has 0 radical (unpaired) electrons. The summed E-state index contributed by atoms with van der Waals surface area (Å²) >= 11 is 0. The van der Waals surface area contributed by atoms with Crippen LogP contribution < -0.4 is 81.4 Å². The molecule has 0 aromatic rings. The Balaban J connectivity index is 5.44. The van der Waals surface area contributed by atoms with E-state index in [0.717, 1.165) is 0 Å². The van der Waals surface area contributed by atoms with Crippen molar-refractivity contribution in [3.8, 4) is 0 Å². The SMILES string of the molecule is CC(C)C[C@H](NC(=O)[C@H](CO)NC(=O)[C@H](CCCN=C(N)N)NC(=O)[C@H](CCCCN)NC(=O)CNC(=O)CNC(=O)CNC(=O)CNC(=O)CNC(=O)CNC(=O)CN)C(=O)NCC(=O)O. The van der Waals surface area contributed by atoms with Gasteiger partial charge in [0.15, 0.2) is 5.96 Å². The van der Waals surface area contributed by atoms with Gasteiger partial charge in [0.05, 0.1) is 52.4 Å². The number of carbonyl (C=O) groups is 12. The van der Waals surface area contributed by atoms with Gasteiger partial charge in [-0.2, -0.15) is 0 Å². The third-order valence-corrected chi connectivity index (χ3v) is 8.61. The maximum atomic E-state index is 13.6. The molecular weight excluding hydrogens is 893 g/mol. The van der Waals surface area contributed by atoms with Crippen LogP contribution in [0.5, 0.6) is 0 Å². The lowest BCUT2D eigenvalue weighted by Gasteiger charge is -2.26. The van der Waals surface area contributed by atoms with E-state index in [-0.39, 0.29) is 57.2 Å². The summed E-state index contributed by atoms with van der Waals surface area (Å²) in [6, 6.07) is -5.56. The molecule has 0 aliphatic heterocycles. The second-order valence-electron chi connectivity index (χ2n) is 14.8. The van der Waals surface area contributed by atoms with Crippen molar-refractivity contribution in [1.82, 2.24) is 58.5 Å². The van der Waals surface area contributed by atoms with Crippen molar-refractivity contribution in [2.75, 3.05) is 72.1 Å². The highest BCUT2D eigenvalue weighted by Gasteiger charge is 2.31. The molecule has 0 rings (SSSR count). The molecule has 0 aromatic heterocycles. The third-order valence-electron chi connectivity index (χ3n) is 8.61. The lowest BCUT2D eigenvalue weighted by molar-refractivity contribution is -0.139. The number of nitrogens with two attached hydrogens (primary N) is 4. The number of carboxylic acids is 1. The van der Waals surface area contributed by atoms with Crippen LogP contribution in [-0.4, -0.2) is 183 Å². The number of aliphatic hydroxyl groups is 1. The number of hydrogen-bond acceptors (Lipinski definition) is 16. The minimum absolute atomic E-state index is 0.0183. The van der Waals surface area contributed by atoms with Gasteiger partial charge in [-0.1, -0.05) is 13.8 Å². The highest BCUT2D eigenvalue weighted by atomic mass is 16.4. The van der Waals surface area contributed by atoms with Gasteiger partial charge in [-0.15, -0.1) is 0 Å². The van der Waals surface area contributed by atoms with Gasteiger partial charge in [0.1, 0.15) is 30.7 Å². The van der Waals surface area contributed by atoms with Crippen LogP contribution in [0.4, 0.5) is 0 Å². The summed E-state index contributed by atoms with van der Waals surface area (Å²) in [5, 5.41) is 44.1. The number of aliphatic imine (C=N–C) groups is 1. The van der Waals surface area contributed by atoms with Crippen LogP contribution in [0.25, 0.3) is 0 Å². The van der Waals surface area contributed by atoms with E-state index in [2.05, 4.69) is 63.5 Å². The predicted molar refractivity (Wildman–Crippen MR) is 235 cm³/mol. The van der Waals surface area contributed by atoms with Crippen molar-refractivity contribution < 1.29 is 67.7 Å². The second-order valence-corrected chi connectivity index (χ2v) is 14.8. The predicted octanol–water partition coefficient (Wildman–Crippen LogP) is -10.00. The molecule has 0 fully saturated rings. The Hall–Kier alpha value is -7.21. The zero-order chi connectivity index (χ0) is 50.9. The molecule has 30 nitrogen and oxygen atoms in total. The van der Waals surface area contributed by atoms with Crippen LogP contribution in [0.2, 0.25) is 0 Å². The number of aliphatic carboxylic acids is 1. The van der Waals surface area contributed by atoms with Gasteiger partial charge in [-0.25, -0.2) is 0 Å². The molecule has 0 spiro atoms. The third kappa shape index (κ3) is 29.8. The smallest absolute Gasteiger partial charge is 0.322 e. The Morgan fingerprint density at radius 2 is 0.881 bits per heavy atom. The fourth-order valence-corrected chi connectivity index (χ4v) is 5.24. The summed E-state index contributed by atoms with van der Waals surface area (Å²) in [7, 11) is 0. The Bertz CT molecular complexity index is 1740. The van der Waals surface area contributed by atoms with Gasteiger partial charge in [-0.05, 0) is 51.0 Å². The molecule has 0 unspecified atom stereocenters. The normalized spacial score (nSPS) is 12.3. The van der Waals surface area contributed by atoms with Crippen molar-refractivity contribution in [3.63, 3.8) is 0 Å². The maximum absolute atomic E-state index is 13.6. The zero-order valence-corrected chi connectivity index (χ0v) is 37.5. The quantitative estimate of drug-likeness (QED) is 0.0162. The summed E-state index contributed by atoms with van der Waals surface area (Å²) in [4.78, 5) is 152. The number of carboxylic acid groups (broad SMARTS) is 1. The standard InChI is InChI=1S/C37H66N16O14/c1-20(2)10-23(33(64)49-18-32(62)63)52-36(67)24(19-54)53-35(66)22(7-5-9-42-37(40)41)51-34(65)21(6-3-4-8-38)50-31(61)17-48-30(60)16-47-29(59)15-46-28(58)14-45-27(57)13-44-26(56)12-43-25(55)11-39/h20-24,54H,3-19,38-39H2,1-2H3,(H,43,55)(H,44,56)(H,45,57)(H,46,58)(H,47,59)(H,48,60)(H,49,64)(H,50,61)(H,51,65)(H,52,67)(H,53,66)(H,62,63)(H4,40,41,42)/t21-,22-,23-,24-/m0/s1. The molecule has 0 bridgehead atoms. The molecule has 0 aromatic carbocycles. The number of aliphatic hydroxyl groups excluding tert-OH is 1. The van der Waals surface area contributed by atoms with Gasteiger partial charge >= 0.3 is 5.97 Å². The first-order chi connectivity index (χ1) is 31.6. The zero-order valence-electron chi connectivity index (χ0n) is 37.5. The van der Waals surface area contributed by atoms with Gasteiger partial charge < -0.3 is 91.6 Å². The van der Waals surface area contributed by atoms with E-state index >= 15 is 0 Å². The van der Waals surface area contributed by atoms with E-state index in [4.69, 9.17) is 28.0 Å². The average Bonchev–Trinajstić information content (AvgIpc) is 3.27. The van der Waals surface area contributed by atoms with Crippen molar-refractivity contribution >= 4 is 76.9 Å². The number of nitrogens with zero attached hydrogens (tertiary/aromatic N) is 1. The van der Waals surface area contributed by atoms with E-state index in [0.29, 0.717) is 12.8 Å². The number of carbonyl (C=O) groups excluding carboxylic acids is 11. The number of guanidine groups is 1. The molecule has 0 heterocycles. The molecule has 11 amide bonds. The van der Waals surface area contributed by atoms with E-state index in [1.807, 2.05) is 0 Å². The van der Waals surface area contributed by atoms with Crippen LogP contribution >= 0.6 is 0 Å². The molecule has 21 N–H and O–H groups in total. The van der Waals surface area contributed by atoms with Crippen molar-refractivity contribution in [1.29, 1.82) is 0 Å². The summed E-state index contributed by atoms with van der Waals surface area (Å²) < 4.78 is 0. The number of hydrogen-bond donors (Lipinski definition) is 17. The molecule has 0 saturated carbocycles. The first-order valence-corrected chi connectivity index (χ1v) is 21.0. The lowest BCUT2D eigenvalue weighted by atomic mass is 10.0. The van der Waals surface area contributed by atoms with Crippen molar-refractivity contribution in [2.45, 2.75) is 76.5 Å². The molecule has 30 heteroatoms. The maximum Gasteiger partial charge on any atom is 0.322 e. The number of rotatable bonds is 34. The monoisotopic (exact) mass is 958 g/mol. The highest BCUT2D eigenvalue weighted by molar-refractivity contribution is 5.97. The van der Waals surface area contributed by atoms with Crippen LogP contribution in [0.1, 0.15) is 52.4 Å². The van der Waals surface area contributed by atoms with Crippen molar-refractivity contribution in [3.05, 3.63) is 0 Å². The van der Waals surface area contributed by atoms with Crippen molar-refractivity contribution in [2.24, 2.45) is 33.8 Å². The van der Waals surface area contributed by atoms with Crippen LogP contribution in [0.15, 0.2) is 4.99 Å². The highest BCUT2D eigenvalue weighted by Crippen LogP contribution is 2.07. The average molecular weight is 959 g/mol. The topological polar surface area (TPSA) is 494 Å². The van der Waals surface area contributed by atoms with E-state index in [1.54, 1.807) is 13.8 Å². The number of amides is 11. The first kappa shape index (κ1) is 59.8. The Kier molecular flexibility index (Phi) is 30.5. The molecule has 0 saturated heterocycles. The summed E-state index contributed by atoms with van der Waals surface area (Å²) in [5.74, 6) is -10.7. The van der Waals surface area contributed by atoms with Gasteiger partial charge in [-0.3, -0.25) is 62.5 Å². The number of unbranched alkanes of at least 4 members (excludes halogenated alkanes) is 1. The Morgan fingerprint density at radius 3 is 1.30 bits per heavy atom. The summed E-state index contributed by atoms with van der Waals surface area (Å²) in [6.45, 7) is -1.66. The van der Waals surface area contributed by atoms with Crippen LogP contribution in [0.3, 0.4) is 0 Å². The molecule has 67 heavy (non-hydrogen) atoms. The van der Waals surface area contributed by atoms with Gasteiger partial charge in [0.25, 0.3) is 0 Å². The van der Waals surface area contributed by atoms with E-state index in [9.17, 15) is 62.6 Å². The fraction of sp³-hybridized carbons (Fsp3) is 0.649. The molecule has 0 aliphatic rings. The minimum atomic E-state index is -1.64. The Morgan fingerprint density at radius 1 is 0.478 bits per heavy atom. The molecular formula is C37H66N16O14. The van der Waals surface area contributed by atoms with E-state index in [1.165, 1.54) is 0 Å². The lowest BCUT2D eigenvalue weighted by Crippen LogP contribution is -2.59. The Labute approximate surface area is 385 Å². The van der Waals surface area contributed by atoms with Crippen LogP contribution in [-0.2, 0) is 57.5 Å². The largest absolute Gasteiger partial charge is 0.480 e. The minimum Gasteiger partial charge on any atom is -0.480 e. The molecule has 378 valence electrons. The molecule has 4 atom stereocenters. The summed E-state index contributed by atoms with van der Waals surface area (Å²) in [6.07, 6.45) is 0.865. The van der Waals surface area contributed by atoms with Gasteiger partial charge in [0, 0.05) is 6.54 Å². The van der Waals surface area contributed by atoms with Gasteiger partial charge in [0.2, 0.25) is 65.0 Å². The second kappa shape index (κ2) is 34.2. The van der Waals surface area contributed by atoms with E-state index < -0.39 is 148 Å². The number of nitrogens with one attached hydrogen (secondary N) is 11. The summed E-state index contributed by atoms with van der Waals surface area (Å²) in [5.41, 5.74) is 21.5. The first-order valence-electron chi connectivity index (χ1n) is 21.0. The van der Waals surface area contributed by atoms with Crippen LogP contribution in [0, 0.1) is 5.92 Å².